The number of rotatable bonds is 20. The van der Waals surface area contributed by atoms with Gasteiger partial charge in [-0.3, -0.25) is 9.98 Å². The number of benzene rings is 3. The van der Waals surface area contributed by atoms with Gasteiger partial charge < -0.3 is 20.4 Å². The smallest absolute Gasteiger partial charge is 0.162 e. The van der Waals surface area contributed by atoms with Gasteiger partial charge in [-0.25, -0.2) is 9.97 Å². The molecule has 48 heavy (non-hydrogen) atoms. The molecule has 0 spiro atoms. The maximum Gasteiger partial charge on any atom is 0.162 e. The van der Waals surface area contributed by atoms with E-state index in [1.165, 1.54) is 25.7 Å². The fourth-order valence-corrected chi connectivity index (χ4v) is 5.36. The first-order chi connectivity index (χ1) is 23.4. The number of nitrogens with zero attached hydrogens (tertiary/aromatic N) is 6. The fourth-order valence-electron chi connectivity index (χ4n) is 5.36. The number of hydrogen-bond donors (Lipinski definition) is 2. The summed E-state index contributed by atoms with van der Waals surface area (Å²) in [5, 5.41) is 6.90. The minimum Gasteiger partial charge on any atom is -0.340 e. The van der Waals surface area contributed by atoms with Crippen molar-refractivity contribution in [1.29, 1.82) is 0 Å². The van der Waals surface area contributed by atoms with Crippen molar-refractivity contribution in [2.75, 3.05) is 66.7 Å². The van der Waals surface area contributed by atoms with E-state index in [2.05, 4.69) is 119 Å². The minimum atomic E-state index is 0.617. The number of anilines is 2. The lowest BCUT2D eigenvalue weighted by molar-refractivity contribution is 0.392. The molecule has 0 fully saturated rings. The molecule has 8 heteroatoms. The van der Waals surface area contributed by atoms with Gasteiger partial charge in [-0.2, -0.15) is 0 Å². The van der Waals surface area contributed by atoms with Crippen LogP contribution in [0.1, 0.15) is 55.2 Å². The summed E-state index contributed by atoms with van der Waals surface area (Å²) in [6, 6.07) is 27.0. The van der Waals surface area contributed by atoms with E-state index < -0.39 is 0 Å². The monoisotopic (exact) mass is 646 g/mol. The summed E-state index contributed by atoms with van der Waals surface area (Å²) in [4.78, 5) is 24.0. The number of aliphatic imine (C=N–C) groups is 2. The van der Waals surface area contributed by atoms with Gasteiger partial charge in [-0.15, -0.1) is 0 Å². The average Bonchev–Trinajstić information content (AvgIpc) is 3.09. The van der Waals surface area contributed by atoms with E-state index in [0.717, 1.165) is 84.0 Å². The zero-order chi connectivity index (χ0) is 34.0. The molecule has 0 unspecified atom stereocenters. The minimum absolute atomic E-state index is 0.617. The largest absolute Gasteiger partial charge is 0.340 e. The van der Waals surface area contributed by atoms with Crippen LogP contribution in [0.15, 0.2) is 88.8 Å². The van der Waals surface area contributed by atoms with Crippen molar-refractivity contribution in [1.82, 2.24) is 25.1 Å². The van der Waals surface area contributed by atoms with Crippen LogP contribution in [0.2, 0.25) is 0 Å². The number of aromatic nitrogens is 2. The summed E-state index contributed by atoms with van der Waals surface area (Å²) in [6.07, 6.45) is 11.0. The van der Waals surface area contributed by atoms with Crippen molar-refractivity contribution in [3.05, 3.63) is 95.6 Å². The molecule has 0 aliphatic carbocycles. The van der Waals surface area contributed by atoms with Gasteiger partial charge in [-0.05, 0) is 97.3 Å². The molecule has 1 heterocycles. The SMILES string of the molecule is CNCc1c(Nc2ccccc2)nc(-c2ccc(C=NCCCCCN(C)C)cc2)nc1-c1ccc(C=NCCCCCN(C)C)cc1. The van der Waals surface area contributed by atoms with Gasteiger partial charge in [0.05, 0.1) is 5.69 Å². The predicted octanol–water partition coefficient (Wildman–Crippen LogP) is 7.58. The molecule has 0 aliphatic heterocycles. The highest BCUT2D eigenvalue weighted by Gasteiger charge is 2.17. The molecule has 254 valence electrons. The highest BCUT2D eigenvalue weighted by molar-refractivity contribution is 5.83. The van der Waals surface area contributed by atoms with Gasteiger partial charge in [0.1, 0.15) is 5.82 Å². The number of para-hydroxylation sites is 1. The van der Waals surface area contributed by atoms with Crippen molar-refractivity contribution in [2.45, 2.75) is 45.1 Å². The lowest BCUT2D eigenvalue weighted by Crippen LogP contribution is -2.12. The summed E-state index contributed by atoms with van der Waals surface area (Å²) in [5.74, 6) is 1.46. The average molecular weight is 647 g/mol. The van der Waals surface area contributed by atoms with Crippen LogP contribution in [-0.2, 0) is 6.54 Å². The summed E-state index contributed by atoms with van der Waals surface area (Å²) >= 11 is 0. The molecule has 0 saturated carbocycles. The first-order valence-electron chi connectivity index (χ1n) is 17.3. The second-order valence-corrected chi connectivity index (χ2v) is 12.8. The quantitative estimate of drug-likeness (QED) is 0.0762. The first kappa shape index (κ1) is 36.6. The van der Waals surface area contributed by atoms with Crippen molar-refractivity contribution in [3.63, 3.8) is 0 Å². The third kappa shape index (κ3) is 12.4. The van der Waals surface area contributed by atoms with Gasteiger partial charge in [-0.1, -0.05) is 79.6 Å². The van der Waals surface area contributed by atoms with E-state index in [1.807, 2.05) is 37.7 Å². The number of hydrogen-bond acceptors (Lipinski definition) is 8. The Balaban J connectivity index is 1.54. The Morgan fingerprint density at radius 3 is 1.69 bits per heavy atom. The van der Waals surface area contributed by atoms with Crippen LogP contribution in [0, 0.1) is 0 Å². The molecule has 0 amide bonds. The van der Waals surface area contributed by atoms with Crippen LogP contribution in [0.4, 0.5) is 11.5 Å². The van der Waals surface area contributed by atoms with Gasteiger partial charge in [0.25, 0.3) is 0 Å². The maximum absolute atomic E-state index is 5.16. The summed E-state index contributed by atoms with van der Waals surface area (Å²) in [5.41, 5.74) is 7.05. The number of nitrogens with one attached hydrogen (secondary N) is 2. The molecule has 3 aromatic carbocycles. The Hall–Kier alpha value is -4.24. The molecule has 0 aliphatic rings. The van der Waals surface area contributed by atoms with E-state index >= 15 is 0 Å². The van der Waals surface area contributed by atoms with E-state index in [-0.39, 0.29) is 0 Å². The molecule has 0 bridgehead atoms. The van der Waals surface area contributed by atoms with Gasteiger partial charge in [0.2, 0.25) is 0 Å². The normalized spacial score (nSPS) is 11.8. The molecule has 4 aromatic rings. The van der Waals surface area contributed by atoms with Crippen LogP contribution < -0.4 is 10.6 Å². The highest BCUT2D eigenvalue weighted by atomic mass is 15.1. The van der Waals surface area contributed by atoms with Gasteiger partial charge in [0.15, 0.2) is 5.82 Å². The van der Waals surface area contributed by atoms with E-state index in [9.17, 15) is 0 Å². The maximum atomic E-state index is 5.16. The lowest BCUT2D eigenvalue weighted by atomic mass is 10.0. The Morgan fingerprint density at radius 1 is 0.625 bits per heavy atom. The molecule has 0 radical (unpaired) electrons. The third-order valence-corrected chi connectivity index (χ3v) is 8.02. The van der Waals surface area contributed by atoms with Crippen LogP contribution in [0.25, 0.3) is 22.6 Å². The van der Waals surface area contributed by atoms with Crippen LogP contribution in [0.3, 0.4) is 0 Å². The van der Waals surface area contributed by atoms with Gasteiger partial charge in [0, 0.05) is 54.4 Å². The zero-order valence-corrected chi connectivity index (χ0v) is 29.6. The van der Waals surface area contributed by atoms with Crippen molar-refractivity contribution >= 4 is 23.9 Å². The first-order valence-corrected chi connectivity index (χ1v) is 17.3. The molecule has 8 nitrogen and oxygen atoms in total. The molecule has 0 saturated heterocycles. The second kappa shape index (κ2) is 20.2. The lowest BCUT2D eigenvalue weighted by Gasteiger charge is -2.17. The molecule has 4 rings (SSSR count). The van der Waals surface area contributed by atoms with Crippen molar-refractivity contribution in [3.8, 4) is 22.6 Å². The Morgan fingerprint density at radius 2 is 1.17 bits per heavy atom. The Labute approximate surface area is 288 Å². The summed E-state index contributed by atoms with van der Waals surface area (Å²) in [6.45, 7) is 4.58. The number of unbranched alkanes of at least 4 members (excludes halogenated alkanes) is 4. The summed E-state index contributed by atoms with van der Waals surface area (Å²) < 4.78 is 0. The molecule has 2 N–H and O–H groups in total. The van der Waals surface area contributed by atoms with Crippen molar-refractivity contribution < 1.29 is 0 Å². The fraction of sp³-hybridized carbons (Fsp3) is 0.400. The molecule has 1 aromatic heterocycles. The third-order valence-electron chi connectivity index (χ3n) is 8.02. The Bertz CT molecular complexity index is 1550. The zero-order valence-electron chi connectivity index (χ0n) is 29.6. The topological polar surface area (TPSA) is 81.0 Å². The van der Waals surface area contributed by atoms with Crippen LogP contribution >= 0.6 is 0 Å². The van der Waals surface area contributed by atoms with E-state index in [1.54, 1.807) is 0 Å². The van der Waals surface area contributed by atoms with Crippen LogP contribution in [0.5, 0.6) is 0 Å². The van der Waals surface area contributed by atoms with Crippen LogP contribution in [-0.4, -0.2) is 93.6 Å². The van der Waals surface area contributed by atoms with Crippen molar-refractivity contribution in [2.24, 2.45) is 9.98 Å². The predicted molar refractivity (Wildman–Crippen MR) is 205 cm³/mol. The standard InChI is InChI=1S/C40H54N8/c1-41-31-37-38(34-21-17-32(18-22-34)29-42-25-11-7-13-27-47(2)3)45-39(46-40(37)44-36-15-9-6-10-16-36)35-23-19-33(20-24-35)30-43-26-12-8-14-28-48(4)5/h6,9-10,15-24,29-30,41H,7-8,11-14,25-28,31H2,1-5H3,(H,44,45,46). The molecular formula is C40H54N8. The summed E-state index contributed by atoms with van der Waals surface area (Å²) in [7, 11) is 10.4. The molecular weight excluding hydrogens is 592 g/mol. The van der Waals surface area contributed by atoms with Gasteiger partial charge >= 0.3 is 0 Å². The van der Waals surface area contributed by atoms with E-state index in [4.69, 9.17) is 9.97 Å². The second-order valence-electron chi connectivity index (χ2n) is 12.8. The van der Waals surface area contributed by atoms with E-state index in [0.29, 0.717) is 12.4 Å². The highest BCUT2D eigenvalue weighted by Crippen LogP contribution is 2.31. The Kier molecular flexibility index (Phi) is 15.4. The molecule has 0 atom stereocenters.